The fourth-order valence-corrected chi connectivity index (χ4v) is 1.48. The van der Waals surface area contributed by atoms with Crippen molar-refractivity contribution in [2.24, 2.45) is 4.99 Å². The fraction of sp³-hybridized carbons (Fsp3) is 0.667. The first-order chi connectivity index (χ1) is 5.58. The molecule has 3 heteroatoms. The summed E-state index contributed by atoms with van der Waals surface area (Å²) in [5.41, 5.74) is 2.00. The van der Waals surface area contributed by atoms with E-state index in [-0.39, 0.29) is 0 Å². The second kappa shape index (κ2) is 3.62. The lowest BCUT2D eigenvalue weighted by Gasteiger charge is -2.25. The van der Waals surface area contributed by atoms with Gasteiger partial charge < -0.3 is 4.74 Å². The maximum atomic E-state index is 5.32. The third-order valence-corrected chi connectivity index (χ3v) is 2.90. The second-order valence-electron chi connectivity index (χ2n) is 3.07. The van der Waals surface area contributed by atoms with Gasteiger partial charge in [-0.15, -0.1) is 12.6 Å². The van der Waals surface area contributed by atoms with E-state index in [2.05, 4.69) is 23.7 Å². The third kappa shape index (κ3) is 1.90. The molecule has 0 aromatic heterocycles. The first-order valence-electron chi connectivity index (χ1n) is 4.08. The molecule has 0 fully saturated rings. The van der Waals surface area contributed by atoms with Crippen molar-refractivity contribution in [3.8, 4) is 0 Å². The molecule has 1 aliphatic rings. The monoisotopic (exact) mass is 185 g/mol. The van der Waals surface area contributed by atoms with Crippen LogP contribution in [0.1, 0.15) is 26.7 Å². The van der Waals surface area contributed by atoms with Gasteiger partial charge in [0.05, 0.1) is 5.71 Å². The number of hydrogen-bond donors (Lipinski definition) is 1. The van der Waals surface area contributed by atoms with Crippen LogP contribution in [0.3, 0.4) is 0 Å². The summed E-state index contributed by atoms with van der Waals surface area (Å²) < 4.78 is 5.32. The standard InChI is InChI=1S/C9H15NOS/c1-7-5-4-6-9(12,11-3)8(2)10-7/h5,12H,4,6H2,1-3H3. The Balaban J connectivity index is 2.90. The van der Waals surface area contributed by atoms with Crippen LogP contribution in [-0.2, 0) is 4.74 Å². The zero-order valence-corrected chi connectivity index (χ0v) is 8.69. The van der Waals surface area contributed by atoms with E-state index in [1.165, 1.54) is 0 Å². The SMILES string of the molecule is COC1(S)CCC=C(C)N=C1C. The Labute approximate surface area is 79.1 Å². The molecule has 2 nitrogen and oxygen atoms in total. The fourth-order valence-electron chi connectivity index (χ4n) is 1.30. The van der Waals surface area contributed by atoms with E-state index < -0.39 is 4.93 Å². The van der Waals surface area contributed by atoms with Crippen molar-refractivity contribution < 1.29 is 4.74 Å². The van der Waals surface area contributed by atoms with Crippen LogP contribution in [0, 0.1) is 0 Å². The Morgan fingerprint density at radius 3 is 2.83 bits per heavy atom. The molecule has 0 spiro atoms. The van der Waals surface area contributed by atoms with Crippen LogP contribution in [-0.4, -0.2) is 17.8 Å². The van der Waals surface area contributed by atoms with Crippen LogP contribution in [0.2, 0.25) is 0 Å². The van der Waals surface area contributed by atoms with Gasteiger partial charge in [-0.25, -0.2) is 0 Å². The molecule has 1 atom stereocenters. The Kier molecular flexibility index (Phi) is 2.96. The normalized spacial score (nSPS) is 30.7. The molecule has 1 aliphatic heterocycles. The summed E-state index contributed by atoms with van der Waals surface area (Å²) in [4.78, 5) is 3.91. The summed E-state index contributed by atoms with van der Waals surface area (Å²) in [5.74, 6) is 0. The van der Waals surface area contributed by atoms with E-state index in [4.69, 9.17) is 4.74 Å². The maximum absolute atomic E-state index is 5.32. The third-order valence-electron chi connectivity index (χ3n) is 2.17. The minimum Gasteiger partial charge on any atom is -0.362 e. The van der Waals surface area contributed by atoms with Crippen LogP contribution >= 0.6 is 12.6 Å². The van der Waals surface area contributed by atoms with Crippen molar-refractivity contribution in [2.45, 2.75) is 31.6 Å². The number of hydrogen-bond acceptors (Lipinski definition) is 3. The minimum absolute atomic E-state index is 0.464. The Morgan fingerprint density at radius 2 is 2.25 bits per heavy atom. The predicted molar refractivity (Wildman–Crippen MR) is 54.8 cm³/mol. The zero-order valence-electron chi connectivity index (χ0n) is 7.79. The number of methoxy groups -OCH3 is 1. The topological polar surface area (TPSA) is 21.6 Å². The lowest BCUT2D eigenvalue weighted by molar-refractivity contribution is 0.122. The molecule has 1 unspecified atom stereocenters. The van der Waals surface area contributed by atoms with Gasteiger partial charge in [0.25, 0.3) is 0 Å². The molecule has 0 N–H and O–H groups in total. The van der Waals surface area contributed by atoms with Gasteiger partial charge in [0.2, 0.25) is 0 Å². The molecular weight excluding hydrogens is 170 g/mol. The van der Waals surface area contributed by atoms with E-state index in [1.807, 2.05) is 13.8 Å². The molecule has 0 saturated carbocycles. The highest BCUT2D eigenvalue weighted by Gasteiger charge is 2.29. The smallest absolute Gasteiger partial charge is 0.149 e. The van der Waals surface area contributed by atoms with E-state index in [0.29, 0.717) is 0 Å². The zero-order chi connectivity index (χ0) is 9.19. The molecule has 0 amide bonds. The molecule has 0 aliphatic carbocycles. The first kappa shape index (κ1) is 9.81. The Bertz CT molecular complexity index is 235. The summed E-state index contributed by atoms with van der Waals surface area (Å²) in [6, 6.07) is 0. The van der Waals surface area contributed by atoms with Crippen molar-refractivity contribution in [2.75, 3.05) is 7.11 Å². The highest BCUT2D eigenvalue weighted by molar-refractivity contribution is 7.82. The van der Waals surface area contributed by atoms with Gasteiger partial charge in [-0.2, -0.15) is 0 Å². The first-order valence-corrected chi connectivity index (χ1v) is 4.53. The summed E-state index contributed by atoms with van der Waals surface area (Å²) in [7, 11) is 1.67. The summed E-state index contributed by atoms with van der Waals surface area (Å²) in [6.45, 7) is 3.96. The Morgan fingerprint density at radius 1 is 1.58 bits per heavy atom. The number of thiol groups is 1. The molecule has 0 radical (unpaired) electrons. The molecule has 0 aromatic rings. The Hall–Kier alpha value is -0.280. The second-order valence-corrected chi connectivity index (χ2v) is 3.79. The van der Waals surface area contributed by atoms with Crippen LogP contribution in [0.25, 0.3) is 0 Å². The highest BCUT2D eigenvalue weighted by Crippen LogP contribution is 2.27. The van der Waals surface area contributed by atoms with Gasteiger partial charge in [-0.1, -0.05) is 6.08 Å². The molecule has 68 valence electrons. The number of rotatable bonds is 1. The van der Waals surface area contributed by atoms with Crippen LogP contribution in [0.4, 0.5) is 0 Å². The lowest BCUT2D eigenvalue weighted by atomic mass is 10.1. The largest absolute Gasteiger partial charge is 0.362 e. The van der Waals surface area contributed by atoms with Crippen molar-refractivity contribution in [3.05, 3.63) is 11.8 Å². The minimum atomic E-state index is -0.464. The van der Waals surface area contributed by atoms with E-state index >= 15 is 0 Å². The number of ether oxygens (including phenoxy) is 1. The van der Waals surface area contributed by atoms with Crippen LogP contribution in [0.5, 0.6) is 0 Å². The average molecular weight is 185 g/mol. The predicted octanol–water partition coefficient (Wildman–Crippen LogP) is 2.42. The number of allylic oxidation sites excluding steroid dienone is 2. The average Bonchev–Trinajstić information content (AvgIpc) is 2.14. The lowest BCUT2D eigenvalue weighted by Crippen LogP contribution is -2.32. The summed E-state index contributed by atoms with van der Waals surface area (Å²) in [5, 5.41) is 0. The van der Waals surface area contributed by atoms with Gasteiger partial charge in [0, 0.05) is 12.8 Å². The van der Waals surface area contributed by atoms with Crippen molar-refractivity contribution in [1.82, 2.24) is 0 Å². The van der Waals surface area contributed by atoms with Gasteiger partial charge in [0.1, 0.15) is 4.93 Å². The number of nitrogens with zero attached hydrogens (tertiary/aromatic N) is 1. The van der Waals surface area contributed by atoms with Crippen molar-refractivity contribution in [3.63, 3.8) is 0 Å². The van der Waals surface area contributed by atoms with Crippen molar-refractivity contribution in [1.29, 1.82) is 0 Å². The number of aliphatic imine (C=N–C) groups is 1. The molecule has 12 heavy (non-hydrogen) atoms. The van der Waals surface area contributed by atoms with Crippen molar-refractivity contribution >= 4 is 18.3 Å². The molecular formula is C9H15NOS. The summed E-state index contributed by atoms with van der Waals surface area (Å²) >= 11 is 4.47. The van der Waals surface area contributed by atoms with Gasteiger partial charge in [-0.05, 0) is 26.7 Å². The molecule has 0 saturated heterocycles. The van der Waals surface area contributed by atoms with E-state index in [1.54, 1.807) is 7.11 Å². The summed E-state index contributed by atoms with van der Waals surface area (Å²) in [6.07, 6.45) is 3.98. The van der Waals surface area contributed by atoms with Crippen LogP contribution < -0.4 is 0 Å². The molecule has 0 aromatic carbocycles. The van der Waals surface area contributed by atoms with Crippen LogP contribution in [0.15, 0.2) is 16.8 Å². The quantitative estimate of drug-likeness (QED) is 0.491. The van der Waals surface area contributed by atoms with Gasteiger partial charge in [-0.3, -0.25) is 4.99 Å². The molecule has 1 heterocycles. The van der Waals surface area contributed by atoms with Gasteiger partial charge in [0.15, 0.2) is 0 Å². The van der Waals surface area contributed by atoms with Gasteiger partial charge >= 0.3 is 0 Å². The maximum Gasteiger partial charge on any atom is 0.149 e. The van der Waals surface area contributed by atoms with E-state index in [0.717, 1.165) is 24.3 Å². The molecule has 0 bridgehead atoms. The molecule has 1 rings (SSSR count). The van der Waals surface area contributed by atoms with E-state index in [9.17, 15) is 0 Å². The highest BCUT2D eigenvalue weighted by atomic mass is 32.1.